The monoisotopic (exact) mass is 663 g/mol. The quantitative estimate of drug-likeness (QED) is 0.286. The van der Waals surface area contributed by atoms with Gasteiger partial charge in [0.1, 0.15) is 11.8 Å². The van der Waals surface area contributed by atoms with E-state index in [2.05, 4.69) is 5.32 Å². The van der Waals surface area contributed by atoms with Crippen LogP contribution in [0.15, 0.2) is 87.5 Å². The maximum absolute atomic E-state index is 14.1. The zero-order valence-electron chi connectivity index (χ0n) is 24.5. The van der Waals surface area contributed by atoms with Crippen molar-refractivity contribution in [3.05, 3.63) is 98.5 Å². The molecule has 1 saturated heterocycles. The van der Waals surface area contributed by atoms with Gasteiger partial charge in [0.25, 0.3) is 0 Å². The number of carbonyl (C=O) groups excluding carboxylic acids is 3. The number of nitrogens with two attached hydrogens (primary N) is 1. The number of amides is 3. The molecule has 3 amide bonds. The molecule has 2 aliphatic rings. The first kappa shape index (κ1) is 30.8. The van der Waals surface area contributed by atoms with Crippen LogP contribution in [0.1, 0.15) is 21.9 Å². The molecule has 3 N–H and O–H groups in total. The summed E-state index contributed by atoms with van der Waals surface area (Å²) < 4.78 is 24.5. The number of rotatable bonds is 7. The van der Waals surface area contributed by atoms with Crippen molar-refractivity contribution >= 4 is 67.9 Å². The third kappa shape index (κ3) is 5.70. The number of aryl methyl sites for hydroxylation is 1. The highest BCUT2D eigenvalue weighted by molar-refractivity contribution is 8.00. The second-order valence-electron chi connectivity index (χ2n) is 11.1. The van der Waals surface area contributed by atoms with Crippen LogP contribution >= 0.6 is 23.1 Å². The van der Waals surface area contributed by atoms with Gasteiger partial charge in [0.15, 0.2) is 0 Å². The topological polar surface area (TPSA) is 152 Å². The van der Waals surface area contributed by atoms with E-state index < -0.39 is 37.9 Å². The molecule has 11 nitrogen and oxygen atoms in total. The summed E-state index contributed by atoms with van der Waals surface area (Å²) in [6, 6.07) is 20.2. The largest absolute Gasteiger partial charge is 0.378 e. The van der Waals surface area contributed by atoms with E-state index in [-0.39, 0.29) is 23.3 Å². The second kappa shape index (κ2) is 11.6. The summed E-state index contributed by atoms with van der Waals surface area (Å²) in [6.07, 6.45) is 0. The Bertz CT molecular complexity index is 1980. The molecule has 3 atom stereocenters. The molecule has 1 fully saturated rings. The summed E-state index contributed by atoms with van der Waals surface area (Å²) in [5.41, 5.74) is 3.54. The van der Waals surface area contributed by atoms with Crippen LogP contribution in [0, 0.1) is 12.8 Å². The van der Waals surface area contributed by atoms with Crippen LogP contribution in [-0.4, -0.2) is 50.1 Å². The van der Waals surface area contributed by atoms with Crippen molar-refractivity contribution in [2.24, 2.45) is 11.1 Å². The van der Waals surface area contributed by atoms with Crippen LogP contribution in [0.2, 0.25) is 0 Å². The van der Waals surface area contributed by atoms with Crippen molar-refractivity contribution in [1.29, 1.82) is 0 Å². The normalized spacial score (nSPS) is 19.3. The van der Waals surface area contributed by atoms with Gasteiger partial charge in [0, 0.05) is 36.3 Å². The van der Waals surface area contributed by atoms with Gasteiger partial charge in [-0.15, -0.1) is 0 Å². The highest BCUT2D eigenvalue weighted by atomic mass is 32.2. The molecule has 0 radical (unpaired) electrons. The van der Waals surface area contributed by atoms with Crippen LogP contribution < -0.4 is 25.1 Å². The highest BCUT2D eigenvalue weighted by Crippen LogP contribution is 2.54. The van der Waals surface area contributed by atoms with Gasteiger partial charge >= 0.3 is 4.87 Å². The van der Waals surface area contributed by atoms with Crippen molar-refractivity contribution in [2.75, 3.05) is 29.2 Å². The van der Waals surface area contributed by atoms with Crippen molar-refractivity contribution in [3.63, 3.8) is 0 Å². The van der Waals surface area contributed by atoms with Gasteiger partial charge in [-0.1, -0.05) is 52.9 Å². The first-order chi connectivity index (χ1) is 21.3. The van der Waals surface area contributed by atoms with Gasteiger partial charge in [-0.05, 0) is 61.0 Å². The molecule has 3 unspecified atom stereocenters. The van der Waals surface area contributed by atoms with Gasteiger partial charge < -0.3 is 10.2 Å². The van der Waals surface area contributed by atoms with Gasteiger partial charge in [-0.25, -0.2) is 18.5 Å². The Kier molecular flexibility index (Phi) is 7.93. The number of benzene rings is 3. The third-order valence-corrected chi connectivity index (χ3v) is 11.4. The number of imide groups is 1. The van der Waals surface area contributed by atoms with E-state index in [1.54, 1.807) is 12.1 Å². The molecule has 232 valence electrons. The first-order valence-corrected chi connectivity index (χ1v) is 17.1. The average Bonchev–Trinajstić information content (AvgIpc) is 3.43. The molecule has 3 heterocycles. The summed E-state index contributed by atoms with van der Waals surface area (Å²) in [5.74, 6) is -2.56. The molecule has 0 spiro atoms. The zero-order valence-corrected chi connectivity index (χ0v) is 26.9. The number of thiazole rings is 1. The minimum absolute atomic E-state index is 0.102. The van der Waals surface area contributed by atoms with Crippen molar-refractivity contribution in [3.8, 4) is 0 Å². The Morgan fingerprint density at radius 3 is 2.18 bits per heavy atom. The van der Waals surface area contributed by atoms with Crippen LogP contribution in [0.5, 0.6) is 0 Å². The van der Waals surface area contributed by atoms with Gasteiger partial charge in [-0.3, -0.25) is 23.7 Å². The summed E-state index contributed by atoms with van der Waals surface area (Å²) in [7, 11) is -0.0541. The number of carbonyl (C=O) groups is 3. The summed E-state index contributed by atoms with van der Waals surface area (Å²) in [5, 5.41) is 7.49. The molecule has 14 heteroatoms. The fourth-order valence-electron chi connectivity index (χ4n) is 5.61. The molecule has 4 aromatic rings. The number of hydrogen-bond acceptors (Lipinski definition) is 9. The van der Waals surface area contributed by atoms with E-state index in [1.807, 2.05) is 62.3 Å². The minimum atomic E-state index is -3.90. The molecule has 0 aliphatic carbocycles. The maximum atomic E-state index is 14.1. The SMILES string of the molecule is Cc1ccc(N2C(=O)C3Sc4c(sc(=O)n4CC(=O)Nc4ccc(S(N)(=O)=O)cc4)C(c4ccc(N(C)C)cc4)C3C2=O)cc1. The third-order valence-electron chi connectivity index (χ3n) is 7.88. The van der Waals surface area contributed by atoms with Crippen LogP contribution in [-0.2, 0) is 31.0 Å². The Morgan fingerprint density at radius 2 is 1.58 bits per heavy atom. The predicted molar refractivity (Wildman–Crippen MR) is 174 cm³/mol. The van der Waals surface area contributed by atoms with Crippen molar-refractivity contribution in [2.45, 2.75) is 34.6 Å². The standard InChI is InChI=1S/C31H29N5O6S3/c1-17-4-10-21(11-5-17)36-28(38)25-24(18-6-12-20(13-7-18)34(2)3)27-30(43-26(25)29(36)39)35(31(40)44-27)16-23(37)33-19-8-14-22(15-9-19)45(32,41)42/h4-15,24-26H,16H2,1-3H3,(H,33,37)(H2,32,41,42). The number of hydrogen-bond donors (Lipinski definition) is 2. The lowest BCUT2D eigenvalue weighted by molar-refractivity contribution is -0.122. The molecular formula is C31H29N5O6S3. The molecule has 45 heavy (non-hydrogen) atoms. The van der Waals surface area contributed by atoms with Gasteiger partial charge in [-0.2, -0.15) is 0 Å². The Hall–Kier alpha value is -4.24. The lowest BCUT2D eigenvalue weighted by Crippen LogP contribution is -2.33. The molecule has 1 aromatic heterocycles. The second-order valence-corrected chi connectivity index (χ2v) is 14.8. The molecule has 0 bridgehead atoms. The Labute approximate surface area is 267 Å². The van der Waals surface area contributed by atoms with Crippen molar-refractivity contribution < 1.29 is 22.8 Å². The van der Waals surface area contributed by atoms with Gasteiger partial charge in [0.2, 0.25) is 27.7 Å². The number of sulfonamides is 1. The fourth-order valence-corrected chi connectivity index (χ4v) is 8.90. The Balaban J connectivity index is 1.37. The number of anilines is 3. The molecule has 6 rings (SSSR count). The van der Waals surface area contributed by atoms with Crippen LogP contribution in [0.4, 0.5) is 17.1 Å². The zero-order chi connectivity index (χ0) is 32.2. The number of aromatic nitrogens is 1. The van der Waals surface area contributed by atoms with Crippen LogP contribution in [0.3, 0.4) is 0 Å². The fraction of sp³-hybridized carbons (Fsp3) is 0.226. The van der Waals surface area contributed by atoms with E-state index in [1.165, 1.54) is 33.7 Å². The number of nitrogens with zero attached hydrogens (tertiary/aromatic N) is 3. The van der Waals surface area contributed by atoms with E-state index >= 15 is 0 Å². The number of nitrogens with one attached hydrogen (secondary N) is 1. The van der Waals surface area contributed by atoms with Crippen molar-refractivity contribution in [1.82, 2.24) is 4.57 Å². The predicted octanol–water partition coefficient (Wildman–Crippen LogP) is 3.37. The smallest absolute Gasteiger partial charge is 0.308 e. The van der Waals surface area contributed by atoms with E-state index in [0.29, 0.717) is 21.3 Å². The molecule has 3 aromatic carbocycles. The van der Waals surface area contributed by atoms with E-state index in [0.717, 1.165) is 39.9 Å². The molecule has 2 aliphatic heterocycles. The summed E-state index contributed by atoms with van der Waals surface area (Å²) in [6.45, 7) is 1.58. The lowest BCUT2D eigenvalue weighted by Gasteiger charge is -2.31. The average molecular weight is 664 g/mol. The summed E-state index contributed by atoms with van der Waals surface area (Å²) >= 11 is 2.11. The first-order valence-electron chi connectivity index (χ1n) is 13.9. The lowest BCUT2D eigenvalue weighted by atomic mass is 9.83. The molecule has 0 saturated carbocycles. The number of fused-ring (bicyclic) bond motifs is 2. The van der Waals surface area contributed by atoms with Crippen LogP contribution in [0.25, 0.3) is 0 Å². The Morgan fingerprint density at radius 1 is 0.933 bits per heavy atom. The van der Waals surface area contributed by atoms with E-state index in [9.17, 15) is 27.6 Å². The molecular weight excluding hydrogens is 635 g/mol. The van der Waals surface area contributed by atoms with Gasteiger partial charge in [0.05, 0.1) is 21.5 Å². The highest BCUT2D eigenvalue weighted by Gasteiger charge is 2.56. The maximum Gasteiger partial charge on any atom is 0.308 e. The van der Waals surface area contributed by atoms with E-state index in [4.69, 9.17) is 5.14 Å². The minimum Gasteiger partial charge on any atom is -0.378 e. The summed E-state index contributed by atoms with van der Waals surface area (Å²) in [4.78, 5) is 57.8. The number of primary sulfonamides is 1. The number of thioether (sulfide) groups is 1.